The van der Waals surface area contributed by atoms with Crippen molar-refractivity contribution in [3.05, 3.63) is 70.9 Å². The molecule has 0 fully saturated rings. The summed E-state index contributed by atoms with van der Waals surface area (Å²) >= 11 is 5.95. The van der Waals surface area contributed by atoms with Crippen LogP contribution >= 0.6 is 11.6 Å². The van der Waals surface area contributed by atoms with Crippen molar-refractivity contribution in [2.24, 2.45) is 0 Å². The predicted octanol–water partition coefficient (Wildman–Crippen LogP) is 3.95. The van der Waals surface area contributed by atoms with Crippen molar-refractivity contribution in [3.63, 3.8) is 0 Å². The fraction of sp³-hybridized carbons (Fsp3) is 0.111. The van der Waals surface area contributed by atoms with Gasteiger partial charge in [-0.05, 0) is 35.9 Å². The first kappa shape index (κ1) is 20.1. The fourth-order valence-electron chi connectivity index (χ4n) is 2.57. The molecule has 28 heavy (non-hydrogen) atoms. The van der Waals surface area contributed by atoms with Crippen LogP contribution in [-0.2, 0) is 27.4 Å². The van der Waals surface area contributed by atoms with Crippen LogP contribution in [0.15, 0.2) is 59.6 Å². The van der Waals surface area contributed by atoms with Gasteiger partial charge in [-0.1, -0.05) is 29.8 Å². The van der Waals surface area contributed by atoms with Crippen molar-refractivity contribution in [2.75, 3.05) is 0 Å². The first-order chi connectivity index (χ1) is 13.1. The van der Waals surface area contributed by atoms with Crippen molar-refractivity contribution >= 4 is 38.4 Å². The molecule has 1 aromatic heterocycles. The molecule has 0 aliphatic carbocycles. The molecule has 0 saturated heterocycles. The monoisotopic (exact) mass is 428 g/mol. The number of fused-ring (bicyclic) bond motifs is 1. The molecule has 5 nitrogen and oxygen atoms in total. The summed E-state index contributed by atoms with van der Waals surface area (Å²) in [4.78, 5) is 15.9. The van der Waals surface area contributed by atoms with Crippen LogP contribution in [0, 0.1) is 0 Å². The second-order valence-corrected chi connectivity index (χ2v) is 7.97. The lowest BCUT2D eigenvalue weighted by atomic mass is 10.1. The number of alkyl halides is 3. The zero-order chi connectivity index (χ0) is 20.5. The van der Waals surface area contributed by atoms with E-state index in [1.54, 1.807) is 12.1 Å². The number of benzene rings is 2. The quantitative estimate of drug-likeness (QED) is 0.682. The largest absolute Gasteiger partial charge is 0.416 e. The summed E-state index contributed by atoms with van der Waals surface area (Å²) in [5, 5.41) is 0.627. The lowest BCUT2D eigenvalue weighted by molar-refractivity contribution is -0.137. The van der Waals surface area contributed by atoms with Crippen LogP contribution < -0.4 is 4.72 Å². The number of rotatable bonds is 4. The van der Waals surface area contributed by atoms with E-state index in [2.05, 4.69) is 4.98 Å². The van der Waals surface area contributed by atoms with Crippen LogP contribution in [0.1, 0.15) is 11.1 Å². The maximum atomic E-state index is 12.6. The first-order valence-corrected chi connectivity index (χ1v) is 9.68. The van der Waals surface area contributed by atoms with Crippen LogP contribution in [0.3, 0.4) is 0 Å². The molecule has 1 amide bonds. The molecule has 146 valence electrons. The molecule has 0 atom stereocenters. The maximum Gasteiger partial charge on any atom is 0.416 e. The van der Waals surface area contributed by atoms with E-state index >= 15 is 0 Å². The highest BCUT2D eigenvalue weighted by Crippen LogP contribution is 2.29. The smallest absolute Gasteiger partial charge is 0.274 e. The molecule has 0 unspecified atom stereocenters. The van der Waals surface area contributed by atoms with E-state index in [4.69, 9.17) is 11.6 Å². The number of hydrogen-bond acceptors (Lipinski definition) is 4. The minimum atomic E-state index is -4.50. The zero-order valence-electron chi connectivity index (χ0n) is 14.0. The molecule has 1 heterocycles. The summed E-state index contributed by atoms with van der Waals surface area (Å²) in [5.41, 5.74) is -0.489. The topological polar surface area (TPSA) is 76.1 Å². The van der Waals surface area contributed by atoms with Gasteiger partial charge in [0.15, 0.2) is 0 Å². The number of amides is 1. The van der Waals surface area contributed by atoms with E-state index in [9.17, 15) is 26.4 Å². The van der Waals surface area contributed by atoms with Gasteiger partial charge in [-0.15, -0.1) is 0 Å². The van der Waals surface area contributed by atoms with Crippen molar-refractivity contribution < 1.29 is 26.4 Å². The zero-order valence-corrected chi connectivity index (χ0v) is 15.6. The number of sulfonamides is 1. The number of carbonyl (C=O) groups excluding carboxylic acids is 1. The number of pyridine rings is 1. The Hall–Kier alpha value is -2.65. The number of nitrogens with one attached hydrogen (secondary N) is 1. The third-order valence-electron chi connectivity index (χ3n) is 3.82. The van der Waals surface area contributed by atoms with Crippen LogP contribution in [0.2, 0.25) is 5.02 Å². The van der Waals surface area contributed by atoms with Gasteiger partial charge in [0, 0.05) is 16.6 Å². The molecule has 2 aromatic carbocycles. The lowest BCUT2D eigenvalue weighted by Crippen LogP contribution is -2.32. The lowest BCUT2D eigenvalue weighted by Gasteiger charge is -2.10. The van der Waals surface area contributed by atoms with Gasteiger partial charge >= 0.3 is 6.18 Å². The minimum absolute atomic E-state index is 0.140. The molecular formula is C18H12ClF3N2O3S. The Balaban J connectivity index is 1.82. The van der Waals surface area contributed by atoms with E-state index in [1.165, 1.54) is 18.3 Å². The van der Waals surface area contributed by atoms with E-state index in [-0.39, 0.29) is 21.0 Å². The summed E-state index contributed by atoms with van der Waals surface area (Å²) in [7, 11) is -4.29. The van der Waals surface area contributed by atoms with Crippen molar-refractivity contribution in [1.29, 1.82) is 0 Å². The number of carbonyl (C=O) groups is 1. The Morgan fingerprint density at radius 2 is 1.79 bits per heavy atom. The Kier molecular flexibility index (Phi) is 5.31. The predicted molar refractivity (Wildman–Crippen MR) is 97.2 cm³/mol. The first-order valence-electron chi connectivity index (χ1n) is 7.82. The Labute approximate surface area is 163 Å². The number of halogens is 4. The van der Waals surface area contributed by atoms with Gasteiger partial charge in [-0.3, -0.25) is 9.78 Å². The molecule has 0 radical (unpaired) electrons. The molecule has 0 bridgehead atoms. The SMILES string of the molecule is O=C(Cc1ccc(C(F)(F)F)cc1)NS(=O)(=O)c1cc(Cl)cc2cccnc12. The molecule has 0 aliphatic rings. The summed E-state index contributed by atoms with van der Waals surface area (Å²) < 4.78 is 64.8. The van der Waals surface area contributed by atoms with Gasteiger partial charge < -0.3 is 0 Å². The highest BCUT2D eigenvalue weighted by Gasteiger charge is 2.30. The summed E-state index contributed by atoms with van der Waals surface area (Å²) in [6, 6.07) is 9.82. The molecular weight excluding hydrogens is 417 g/mol. The highest BCUT2D eigenvalue weighted by atomic mass is 35.5. The maximum absolute atomic E-state index is 12.6. The summed E-state index contributed by atoms with van der Waals surface area (Å²) in [6.45, 7) is 0. The Morgan fingerprint density at radius 3 is 2.43 bits per heavy atom. The van der Waals surface area contributed by atoms with Gasteiger partial charge in [0.1, 0.15) is 4.90 Å². The normalized spacial score (nSPS) is 12.1. The second-order valence-electron chi connectivity index (χ2n) is 5.88. The van der Waals surface area contributed by atoms with E-state index < -0.39 is 34.1 Å². The number of hydrogen-bond donors (Lipinski definition) is 1. The van der Waals surface area contributed by atoms with E-state index in [0.29, 0.717) is 5.39 Å². The highest BCUT2D eigenvalue weighted by molar-refractivity contribution is 7.90. The van der Waals surface area contributed by atoms with Crippen LogP contribution in [0.25, 0.3) is 10.9 Å². The molecule has 0 aliphatic heterocycles. The third-order valence-corrected chi connectivity index (χ3v) is 5.42. The van der Waals surface area contributed by atoms with Gasteiger partial charge in [0.05, 0.1) is 17.5 Å². The van der Waals surface area contributed by atoms with Crippen LogP contribution in [0.5, 0.6) is 0 Å². The van der Waals surface area contributed by atoms with Crippen LogP contribution in [-0.4, -0.2) is 19.3 Å². The standard InChI is InChI=1S/C18H12ClF3N2O3S/c19-14-9-12-2-1-7-23-17(12)15(10-14)28(26,27)24-16(25)8-11-3-5-13(6-4-11)18(20,21)22/h1-7,9-10H,8H2,(H,24,25). The van der Waals surface area contributed by atoms with Crippen molar-refractivity contribution in [1.82, 2.24) is 9.71 Å². The molecule has 0 saturated carbocycles. The van der Waals surface area contributed by atoms with Gasteiger partial charge in [0.25, 0.3) is 10.0 Å². The van der Waals surface area contributed by atoms with E-state index in [1.807, 2.05) is 4.72 Å². The number of nitrogens with zero attached hydrogens (tertiary/aromatic N) is 1. The summed E-state index contributed by atoms with van der Waals surface area (Å²) in [5.74, 6) is -0.899. The van der Waals surface area contributed by atoms with Crippen molar-refractivity contribution in [2.45, 2.75) is 17.5 Å². The third kappa shape index (κ3) is 4.42. The Morgan fingerprint density at radius 1 is 1.11 bits per heavy atom. The molecule has 10 heteroatoms. The Bertz CT molecular complexity index is 1150. The van der Waals surface area contributed by atoms with Crippen LogP contribution in [0.4, 0.5) is 13.2 Å². The second kappa shape index (κ2) is 7.40. The van der Waals surface area contributed by atoms with Crippen molar-refractivity contribution in [3.8, 4) is 0 Å². The minimum Gasteiger partial charge on any atom is -0.274 e. The summed E-state index contributed by atoms with van der Waals surface area (Å²) in [6.07, 6.45) is -3.51. The number of aromatic nitrogens is 1. The average Bonchev–Trinajstić information content (AvgIpc) is 2.60. The molecule has 0 spiro atoms. The molecule has 3 rings (SSSR count). The van der Waals surface area contributed by atoms with Gasteiger partial charge in [-0.2, -0.15) is 13.2 Å². The fourth-order valence-corrected chi connectivity index (χ4v) is 4.05. The van der Waals surface area contributed by atoms with Gasteiger partial charge in [-0.25, -0.2) is 13.1 Å². The van der Waals surface area contributed by atoms with E-state index in [0.717, 1.165) is 24.3 Å². The average molecular weight is 429 g/mol. The molecule has 1 N–H and O–H groups in total. The van der Waals surface area contributed by atoms with Gasteiger partial charge in [0.2, 0.25) is 5.91 Å². The molecule has 3 aromatic rings.